The van der Waals surface area contributed by atoms with E-state index in [1.165, 1.54) is 26.2 Å². The third-order valence-electron chi connectivity index (χ3n) is 5.14. The third kappa shape index (κ3) is 2.60. The first kappa shape index (κ1) is 20.7. The minimum absolute atomic E-state index is 0.00749. The molecule has 0 N–H and O–H groups in total. The third-order valence-corrected chi connectivity index (χ3v) is 6.21. The highest BCUT2D eigenvalue weighted by molar-refractivity contribution is 7.19. The van der Waals surface area contributed by atoms with E-state index in [1.54, 1.807) is 30.3 Å². The Morgan fingerprint density at radius 3 is 1.97 bits per heavy atom. The van der Waals surface area contributed by atoms with E-state index in [0.717, 1.165) is 16.9 Å². The molecule has 0 radical (unpaired) electrons. The summed E-state index contributed by atoms with van der Waals surface area (Å²) in [5.74, 6) is -19.0. The van der Waals surface area contributed by atoms with Gasteiger partial charge in [-0.3, -0.25) is 0 Å². The summed E-state index contributed by atoms with van der Waals surface area (Å²) in [7, 11) is 1.51. The van der Waals surface area contributed by atoms with E-state index in [-0.39, 0.29) is 10.3 Å². The van der Waals surface area contributed by atoms with E-state index >= 15 is 0 Å². The Kier molecular flexibility index (Phi) is 4.47. The molecule has 1 heterocycles. The zero-order valence-corrected chi connectivity index (χ0v) is 16.3. The van der Waals surface area contributed by atoms with Gasteiger partial charge in [-0.2, -0.15) is 26.3 Å². The van der Waals surface area contributed by atoms with Crippen LogP contribution in [-0.2, 0) is 0 Å². The first-order valence-corrected chi connectivity index (χ1v) is 9.47. The number of ether oxygens (including phenoxy) is 1. The molecule has 1 aliphatic rings. The van der Waals surface area contributed by atoms with E-state index in [9.17, 15) is 30.7 Å². The van der Waals surface area contributed by atoms with Gasteiger partial charge in [-0.1, -0.05) is 24.3 Å². The van der Waals surface area contributed by atoms with Crippen LogP contribution in [0.4, 0.5) is 30.7 Å². The number of allylic oxidation sites excluding steroid dienone is 2. The number of benzene rings is 2. The molecule has 2 aromatic carbocycles. The number of hydrogen-bond donors (Lipinski definition) is 0. The van der Waals surface area contributed by atoms with E-state index in [4.69, 9.17) is 4.74 Å². The summed E-state index contributed by atoms with van der Waals surface area (Å²) in [6.45, 7) is 1.30. The van der Waals surface area contributed by atoms with E-state index in [2.05, 4.69) is 0 Å². The Bertz CT molecular complexity index is 1180. The Morgan fingerprint density at radius 2 is 1.43 bits per heavy atom. The van der Waals surface area contributed by atoms with E-state index in [0.29, 0.717) is 16.0 Å². The lowest BCUT2D eigenvalue weighted by atomic mass is 9.96. The Morgan fingerprint density at radius 1 is 0.833 bits per heavy atom. The van der Waals surface area contributed by atoms with Crippen molar-refractivity contribution in [3.8, 4) is 16.9 Å². The molecule has 0 amide bonds. The lowest BCUT2D eigenvalue weighted by Gasteiger charge is -2.24. The van der Waals surface area contributed by atoms with Crippen LogP contribution in [0.25, 0.3) is 26.8 Å². The molecule has 30 heavy (non-hydrogen) atoms. The summed E-state index contributed by atoms with van der Waals surface area (Å²) in [4.78, 5) is 0.0372. The van der Waals surface area contributed by atoms with Crippen LogP contribution in [-0.4, -0.2) is 24.9 Å². The maximum absolute atomic E-state index is 14.3. The van der Waals surface area contributed by atoms with Gasteiger partial charge < -0.3 is 4.74 Å². The monoisotopic (exact) mass is 446 g/mol. The lowest BCUT2D eigenvalue weighted by molar-refractivity contribution is -0.263. The highest BCUT2D eigenvalue weighted by Crippen LogP contribution is 2.63. The molecular weight excluding hydrogens is 433 g/mol. The predicted molar refractivity (Wildman–Crippen MR) is 101 cm³/mol. The van der Waals surface area contributed by atoms with Gasteiger partial charge in [-0.25, -0.2) is 4.39 Å². The van der Waals surface area contributed by atoms with Crippen LogP contribution in [0.1, 0.15) is 10.4 Å². The average molecular weight is 446 g/mol. The lowest BCUT2D eigenvalue weighted by Crippen LogP contribution is -2.48. The molecule has 0 saturated heterocycles. The smallest absolute Gasteiger partial charge is 0.383 e. The standard InChI is InChI=1S/C21H13F7OS/c1-10-16(17-18(22)20(25,26)21(27,28)19(17,23)24)14-8-5-12(9-15(14)30-10)11-3-6-13(29-2)7-4-11/h3-9H,1-2H3. The average Bonchev–Trinajstić information content (AvgIpc) is 3.06. The number of aryl methyl sites for hydroxylation is 1. The maximum Gasteiger partial charge on any atom is 0.383 e. The van der Waals surface area contributed by atoms with E-state index < -0.39 is 34.7 Å². The van der Waals surface area contributed by atoms with Crippen LogP contribution in [0.2, 0.25) is 0 Å². The second-order valence-electron chi connectivity index (χ2n) is 6.88. The largest absolute Gasteiger partial charge is 0.497 e. The normalized spacial score (nSPS) is 19.5. The second kappa shape index (κ2) is 6.47. The van der Waals surface area contributed by atoms with Crippen LogP contribution in [0, 0.1) is 6.92 Å². The van der Waals surface area contributed by atoms with Crippen molar-refractivity contribution in [2.24, 2.45) is 0 Å². The fourth-order valence-corrected chi connectivity index (χ4v) is 4.66. The molecule has 9 heteroatoms. The summed E-state index contributed by atoms with van der Waals surface area (Å²) in [5, 5.41) is 0.00749. The summed E-state index contributed by atoms with van der Waals surface area (Å²) in [6.07, 6.45) is 0. The summed E-state index contributed by atoms with van der Waals surface area (Å²) < 4.78 is 103. The minimum atomic E-state index is -5.86. The van der Waals surface area contributed by atoms with Crippen molar-refractivity contribution in [3.05, 3.63) is 58.7 Å². The van der Waals surface area contributed by atoms with Crippen molar-refractivity contribution in [1.82, 2.24) is 0 Å². The number of alkyl halides is 6. The topological polar surface area (TPSA) is 9.23 Å². The summed E-state index contributed by atoms with van der Waals surface area (Å²) >= 11 is 0.936. The van der Waals surface area contributed by atoms with Gasteiger partial charge in [0.15, 0.2) is 5.83 Å². The predicted octanol–water partition coefficient (Wildman–Crippen LogP) is 7.49. The molecule has 1 aromatic heterocycles. The molecule has 0 spiro atoms. The molecule has 0 unspecified atom stereocenters. The Balaban J connectivity index is 1.89. The number of methoxy groups -OCH3 is 1. The van der Waals surface area contributed by atoms with Crippen LogP contribution in [0.3, 0.4) is 0 Å². The first-order chi connectivity index (χ1) is 13.9. The van der Waals surface area contributed by atoms with Crippen molar-refractivity contribution in [1.29, 1.82) is 0 Å². The fourth-order valence-electron chi connectivity index (χ4n) is 3.55. The van der Waals surface area contributed by atoms with Gasteiger partial charge in [0.05, 0.1) is 12.7 Å². The van der Waals surface area contributed by atoms with Crippen LogP contribution in [0.5, 0.6) is 5.75 Å². The van der Waals surface area contributed by atoms with Gasteiger partial charge in [0.25, 0.3) is 0 Å². The molecule has 3 aromatic rings. The van der Waals surface area contributed by atoms with Crippen molar-refractivity contribution < 1.29 is 35.5 Å². The Labute approximate surface area is 170 Å². The molecule has 1 aliphatic carbocycles. The number of hydrogen-bond acceptors (Lipinski definition) is 2. The highest BCUT2D eigenvalue weighted by atomic mass is 32.1. The first-order valence-electron chi connectivity index (χ1n) is 8.65. The molecule has 4 rings (SSSR count). The second-order valence-corrected chi connectivity index (χ2v) is 8.14. The van der Waals surface area contributed by atoms with Crippen LogP contribution >= 0.6 is 11.3 Å². The van der Waals surface area contributed by atoms with Gasteiger partial charge in [0.1, 0.15) is 5.75 Å². The maximum atomic E-state index is 14.3. The van der Waals surface area contributed by atoms with Gasteiger partial charge in [-0.05, 0) is 36.2 Å². The highest BCUT2D eigenvalue weighted by Gasteiger charge is 2.81. The molecule has 0 saturated carbocycles. The van der Waals surface area contributed by atoms with Crippen LogP contribution in [0.15, 0.2) is 48.3 Å². The fraction of sp³-hybridized carbons (Fsp3) is 0.238. The van der Waals surface area contributed by atoms with Crippen molar-refractivity contribution in [2.75, 3.05) is 7.11 Å². The van der Waals surface area contributed by atoms with Gasteiger partial charge >= 0.3 is 17.8 Å². The van der Waals surface area contributed by atoms with Crippen molar-refractivity contribution >= 4 is 27.0 Å². The zero-order valence-electron chi connectivity index (χ0n) is 15.5. The van der Waals surface area contributed by atoms with Crippen molar-refractivity contribution in [3.63, 3.8) is 0 Å². The number of thiophene rings is 1. The molecule has 0 bridgehead atoms. The Hall–Kier alpha value is -2.55. The number of halogens is 7. The van der Waals surface area contributed by atoms with Crippen molar-refractivity contribution in [2.45, 2.75) is 24.7 Å². The number of fused-ring (bicyclic) bond motifs is 1. The number of rotatable bonds is 3. The SMILES string of the molecule is COc1ccc(-c2ccc3c(C4=C(F)C(F)(F)C(F)(F)C4(F)F)c(C)sc3c2)cc1. The van der Waals surface area contributed by atoms with Gasteiger partial charge in [-0.15, -0.1) is 11.3 Å². The zero-order chi connectivity index (χ0) is 22.1. The van der Waals surface area contributed by atoms with Crippen LogP contribution < -0.4 is 4.74 Å². The molecule has 0 aliphatic heterocycles. The summed E-state index contributed by atoms with van der Waals surface area (Å²) in [6, 6.07) is 11.4. The summed E-state index contributed by atoms with van der Waals surface area (Å²) in [5.41, 5.74) is -1.12. The van der Waals surface area contributed by atoms with Gasteiger partial charge in [0.2, 0.25) is 0 Å². The molecule has 158 valence electrons. The molecule has 1 nitrogen and oxygen atoms in total. The molecule has 0 atom stereocenters. The molecule has 0 fully saturated rings. The quantitative estimate of drug-likeness (QED) is 0.379. The molecular formula is C21H13F7OS. The minimum Gasteiger partial charge on any atom is -0.497 e. The van der Waals surface area contributed by atoms with E-state index in [1.807, 2.05) is 0 Å². The van der Waals surface area contributed by atoms with Gasteiger partial charge in [0, 0.05) is 20.5 Å².